The number of halogens is 1. The Labute approximate surface area is 163 Å². The van der Waals surface area contributed by atoms with Gasteiger partial charge in [0.1, 0.15) is 0 Å². The second-order valence-electron chi connectivity index (χ2n) is 6.89. The van der Waals surface area contributed by atoms with Crippen molar-refractivity contribution in [3.05, 3.63) is 76.6 Å². The fourth-order valence-corrected chi connectivity index (χ4v) is 3.62. The molecule has 1 N–H and O–H groups in total. The highest BCUT2D eigenvalue weighted by Crippen LogP contribution is 2.28. The first-order chi connectivity index (χ1) is 13.0. The number of carbonyl (C=O) groups is 1. The van der Waals surface area contributed by atoms with Gasteiger partial charge < -0.3 is 10.2 Å². The highest BCUT2D eigenvalue weighted by Gasteiger charge is 2.26. The molecule has 0 radical (unpaired) electrons. The highest BCUT2D eigenvalue weighted by atomic mass is 35.5. The number of nitrogens with one attached hydrogen (secondary N) is 1. The molecule has 0 aliphatic carbocycles. The summed E-state index contributed by atoms with van der Waals surface area (Å²) in [6.45, 7) is 5.34. The van der Waals surface area contributed by atoms with Crippen LogP contribution in [0.25, 0.3) is 5.69 Å². The van der Waals surface area contributed by atoms with Crippen molar-refractivity contribution in [3.63, 3.8) is 0 Å². The van der Waals surface area contributed by atoms with Gasteiger partial charge in [-0.25, -0.2) is 4.68 Å². The lowest BCUT2D eigenvalue weighted by Crippen LogP contribution is -2.39. The maximum atomic E-state index is 13.3. The van der Waals surface area contributed by atoms with Crippen LogP contribution in [0.2, 0.25) is 5.02 Å². The van der Waals surface area contributed by atoms with E-state index >= 15 is 0 Å². The summed E-state index contributed by atoms with van der Waals surface area (Å²) in [6.07, 6.45) is 1.88. The van der Waals surface area contributed by atoms with Crippen LogP contribution >= 0.6 is 11.6 Å². The molecule has 0 unspecified atom stereocenters. The topological polar surface area (TPSA) is 50.2 Å². The number of hydrogen-bond donors (Lipinski definition) is 1. The minimum atomic E-state index is -0.0915. The number of hydrogen-bond acceptors (Lipinski definition) is 3. The molecule has 4 rings (SSSR count). The molecular weight excluding hydrogens is 360 g/mol. The first-order valence-electron chi connectivity index (χ1n) is 8.98. The molecule has 0 saturated heterocycles. The highest BCUT2D eigenvalue weighted by molar-refractivity contribution is 6.34. The molecule has 0 saturated carbocycles. The summed E-state index contributed by atoms with van der Waals surface area (Å²) >= 11 is 6.50. The van der Waals surface area contributed by atoms with Crippen molar-refractivity contribution < 1.29 is 4.79 Å². The Balaban J connectivity index is 1.70. The fourth-order valence-electron chi connectivity index (χ4n) is 3.36. The number of anilines is 1. The van der Waals surface area contributed by atoms with Crippen LogP contribution in [-0.2, 0) is 6.54 Å². The van der Waals surface area contributed by atoms with Crippen LogP contribution in [0.4, 0.5) is 5.69 Å². The summed E-state index contributed by atoms with van der Waals surface area (Å²) in [6, 6.07) is 15.5. The van der Waals surface area contributed by atoms with E-state index in [2.05, 4.69) is 17.3 Å². The van der Waals surface area contributed by atoms with Gasteiger partial charge in [-0.05, 0) is 49.7 Å². The van der Waals surface area contributed by atoms with Gasteiger partial charge >= 0.3 is 0 Å². The maximum absolute atomic E-state index is 13.3. The van der Waals surface area contributed by atoms with Crippen molar-refractivity contribution in [2.75, 3.05) is 11.4 Å². The number of fused-ring (bicyclic) bond motifs is 1. The summed E-state index contributed by atoms with van der Waals surface area (Å²) in [5, 5.41) is 8.26. The van der Waals surface area contributed by atoms with Crippen molar-refractivity contribution in [1.82, 2.24) is 15.1 Å². The first kappa shape index (κ1) is 17.8. The molecule has 1 atom stereocenters. The third kappa shape index (κ3) is 3.48. The number of amides is 1. The van der Waals surface area contributed by atoms with Crippen LogP contribution in [-0.4, -0.2) is 28.3 Å². The van der Waals surface area contributed by atoms with E-state index in [1.165, 1.54) is 0 Å². The maximum Gasteiger partial charge on any atom is 0.259 e. The van der Waals surface area contributed by atoms with E-state index in [-0.39, 0.29) is 11.9 Å². The number of rotatable bonds is 2. The van der Waals surface area contributed by atoms with Crippen LogP contribution in [0.1, 0.15) is 28.5 Å². The van der Waals surface area contributed by atoms with Gasteiger partial charge in [-0.2, -0.15) is 5.10 Å². The van der Waals surface area contributed by atoms with E-state index in [1.807, 2.05) is 54.4 Å². The summed E-state index contributed by atoms with van der Waals surface area (Å²) in [5.74, 6) is -0.0915. The zero-order valence-corrected chi connectivity index (χ0v) is 16.1. The van der Waals surface area contributed by atoms with Gasteiger partial charge in [0.2, 0.25) is 0 Å². The Morgan fingerprint density at radius 2 is 2.04 bits per heavy atom. The van der Waals surface area contributed by atoms with Gasteiger partial charge in [0.05, 0.1) is 22.0 Å². The molecule has 6 heteroatoms. The van der Waals surface area contributed by atoms with Crippen LogP contribution in [0.3, 0.4) is 0 Å². The van der Waals surface area contributed by atoms with E-state index in [0.29, 0.717) is 17.1 Å². The zero-order valence-electron chi connectivity index (χ0n) is 15.3. The number of aromatic nitrogens is 2. The third-order valence-corrected chi connectivity index (χ3v) is 5.11. The molecule has 1 aliphatic rings. The Kier molecular flexibility index (Phi) is 4.72. The average molecular weight is 381 g/mol. The van der Waals surface area contributed by atoms with Crippen LogP contribution in [0.5, 0.6) is 0 Å². The average Bonchev–Trinajstić information content (AvgIpc) is 3.03. The number of aryl methyl sites for hydroxylation is 1. The van der Waals surface area contributed by atoms with E-state index in [9.17, 15) is 4.79 Å². The van der Waals surface area contributed by atoms with E-state index in [4.69, 9.17) is 11.6 Å². The second kappa shape index (κ2) is 7.18. The van der Waals surface area contributed by atoms with Gasteiger partial charge in [0.25, 0.3) is 5.91 Å². The smallest absolute Gasteiger partial charge is 0.259 e. The lowest BCUT2D eigenvalue weighted by atomic mass is 10.1. The van der Waals surface area contributed by atoms with Gasteiger partial charge in [0, 0.05) is 31.0 Å². The molecule has 27 heavy (non-hydrogen) atoms. The van der Waals surface area contributed by atoms with Crippen LogP contribution in [0, 0.1) is 6.92 Å². The molecule has 0 fully saturated rings. The Hall–Kier alpha value is -2.63. The fraction of sp³-hybridized carbons (Fsp3) is 0.238. The lowest BCUT2D eigenvalue weighted by molar-refractivity contribution is 0.0985. The Morgan fingerprint density at radius 3 is 2.78 bits per heavy atom. The Morgan fingerprint density at radius 1 is 1.22 bits per heavy atom. The molecule has 1 amide bonds. The number of benzene rings is 2. The van der Waals surface area contributed by atoms with Gasteiger partial charge in [0.15, 0.2) is 0 Å². The largest absolute Gasteiger partial charge is 0.308 e. The monoisotopic (exact) mass is 380 g/mol. The van der Waals surface area contributed by atoms with Crippen molar-refractivity contribution in [2.45, 2.75) is 26.4 Å². The van der Waals surface area contributed by atoms with Crippen molar-refractivity contribution in [2.24, 2.45) is 0 Å². The lowest BCUT2D eigenvalue weighted by Gasteiger charge is -2.25. The summed E-state index contributed by atoms with van der Waals surface area (Å²) in [4.78, 5) is 15.1. The van der Waals surface area contributed by atoms with Crippen LogP contribution < -0.4 is 10.2 Å². The number of para-hydroxylation sites is 1. The molecule has 1 aliphatic heterocycles. The van der Waals surface area contributed by atoms with E-state index in [0.717, 1.165) is 29.2 Å². The van der Waals surface area contributed by atoms with E-state index in [1.54, 1.807) is 16.8 Å². The normalized spacial score (nSPS) is 16.7. The molecular formula is C21H21ClN4O. The number of nitrogens with zero attached hydrogens (tertiary/aromatic N) is 3. The van der Waals surface area contributed by atoms with Crippen molar-refractivity contribution >= 4 is 23.2 Å². The molecule has 0 bridgehead atoms. The molecule has 2 aromatic carbocycles. The molecule has 0 spiro atoms. The molecule has 3 aromatic rings. The van der Waals surface area contributed by atoms with Crippen molar-refractivity contribution in [1.29, 1.82) is 0 Å². The first-order valence-corrected chi connectivity index (χ1v) is 9.36. The summed E-state index contributed by atoms with van der Waals surface area (Å²) < 4.78 is 1.75. The third-order valence-electron chi connectivity index (χ3n) is 4.80. The quantitative estimate of drug-likeness (QED) is 0.731. The van der Waals surface area contributed by atoms with Gasteiger partial charge in [-0.3, -0.25) is 4.79 Å². The molecule has 1 aromatic heterocycles. The molecule has 2 heterocycles. The Bertz CT molecular complexity index is 997. The SMILES string of the molecule is Cc1ccn(-c2ccc(C(=O)N3C[C@@H](C)NCc4ccccc43)c(Cl)c2)n1. The summed E-state index contributed by atoms with van der Waals surface area (Å²) in [7, 11) is 0. The zero-order chi connectivity index (χ0) is 19.0. The van der Waals surface area contributed by atoms with E-state index < -0.39 is 0 Å². The predicted octanol–water partition coefficient (Wildman–Crippen LogP) is 3.97. The van der Waals surface area contributed by atoms with Gasteiger partial charge in [-0.1, -0.05) is 29.8 Å². The van der Waals surface area contributed by atoms with Gasteiger partial charge in [-0.15, -0.1) is 0 Å². The molecule has 138 valence electrons. The summed E-state index contributed by atoms with van der Waals surface area (Å²) in [5.41, 5.74) is 4.29. The number of carbonyl (C=O) groups excluding carboxylic acids is 1. The second-order valence-corrected chi connectivity index (χ2v) is 7.30. The standard InChI is InChI=1S/C21H21ClN4O/c1-14-9-10-26(24-14)17-7-8-18(19(22)11-17)21(27)25-13-15(2)23-12-16-5-3-4-6-20(16)25/h3-11,15,23H,12-13H2,1-2H3/t15-/m1/s1. The van der Waals surface area contributed by atoms with Crippen LogP contribution in [0.15, 0.2) is 54.7 Å². The molecule has 5 nitrogen and oxygen atoms in total. The minimum Gasteiger partial charge on any atom is -0.308 e. The van der Waals surface area contributed by atoms with Crippen molar-refractivity contribution in [3.8, 4) is 5.69 Å². The predicted molar refractivity (Wildman–Crippen MR) is 108 cm³/mol. The minimum absolute atomic E-state index is 0.0915.